The number of carboxylic acids is 1. The van der Waals surface area contributed by atoms with Crippen molar-refractivity contribution in [1.82, 2.24) is 4.90 Å². The fourth-order valence-corrected chi connectivity index (χ4v) is 4.08. The molecule has 1 saturated heterocycles. The van der Waals surface area contributed by atoms with Gasteiger partial charge in [0.2, 0.25) is 12.3 Å². The van der Waals surface area contributed by atoms with Crippen molar-refractivity contribution in [2.24, 2.45) is 5.92 Å². The van der Waals surface area contributed by atoms with Gasteiger partial charge in [-0.15, -0.1) is 0 Å². The number of thioether (sulfide) groups is 1. The summed E-state index contributed by atoms with van der Waals surface area (Å²) < 4.78 is 5.61. The molecule has 0 spiro atoms. The maximum Gasteiger partial charge on any atom is 0.357 e. The fourth-order valence-electron chi connectivity index (χ4n) is 2.62. The van der Waals surface area contributed by atoms with Gasteiger partial charge in [0.1, 0.15) is 11.1 Å². The van der Waals surface area contributed by atoms with Crippen LogP contribution in [0.15, 0.2) is 35.1 Å². The number of carbonyl (C=O) groups excluding carboxylic acids is 2. The number of ether oxygens (including phenoxy) is 1. The highest BCUT2D eigenvalue weighted by Gasteiger charge is 2.58. The molecule has 8 nitrogen and oxygen atoms in total. The molecule has 3 rings (SSSR count). The number of nitrogens with zero attached hydrogens (tertiary/aromatic N) is 1. The number of rotatable bonds is 6. The Morgan fingerprint density at radius 2 is 2.08 bits per heavy atom. The minimum atomic E-state index is -1.27. The molecule has 0 saturated carbocycles. The molecule has 2 aliphatic heterocycles. The number of carbonyl (C=O) groups is 3. The van der Waals surface area contributed by atoms with Crippen molar-refractivity contribution in [2.45, 2.75) is 18.4 Å². The Hall–Kier alpha value is -2.52. The Kier molecular flexibility index (Phi) is 4.20. The van der Waals surface area contributed by atoms with Crippen molar-refractivity contribution in [3.8, 4) is 5.75 Å². The molecule has 1 aromatic carbocycles. The van der Waals surface area contributed by atoms with Crippen molar-refractivity contribution in [2.75, 3.05) is 5.32 Å². The molecule has 0 radical (unpaired) electrons. The first-order valence-electron chi connectivity index (χ1n) is 7.07. The quantitative estimate of drug-likeness (QED) is 0.513. The number of fused-ring (bicyclic) bond motifs is 1. The molecule has 1 fully saturated rings. The first kappa shape index (κ1) is 16.3. The smallest absolute Gasteiger partial charge is 0.357 e. The normalized spacial score (nSPS) is 23.4. The molecule has 2 aliphatic rings. The third kappa shape index (κ3) is 2.61. The lowest BCUT2D eigenvalue weighted by Gasteiger charge is -2.43. The highest BCUT2D eigenvalue weighted by Crippen LogP contribution is 2.50. The summed E-state index contributed by atoms with van der Waals surface area (Å²) in [6.45, 7) is 1.50. The lowest BCUT2D eigenvalue weighted by Crippen LogP contribution is -2.60. The van der Waals surface area contributed by atoms with Crippen molar-refractivity contribution >= 4 is 35.7 Å². The summed E-state index contributed by atoms with van der Waals surface area (Å²) in [6, 6.07) is 6.34. The van der Waals surface area contributed by atoms with Gasteiger partial charge in [-0.2, -0.15) is 0 Å². The van der Waals surface area contributed by atoms with Crippen LogP contribution in [0.4, 0.5) is 5.69 Å². The molecule has 0 aromatic heterocycles. The maximum absolute atomic E-state index is 12.1. The van der Waals surface area contributed by atoms with E-state index in [2.05, 4.69) is 5.32 Å². The molecule has 9 heteroatoms. The molecule has 1 aromatic rings. The minimum Gasteiger partial charge on any atom is -0.476 e. The van der Waals surface area contributed by atoms with Crippen LogP contribution in [0.1, 0.15) is 6.92 Å². The number of aliphatic hydroxyl groups excluding tert-OH is 1. The third-order valence-electron chi connectivity index (χ3n) is 3.76. The predicted octanol–water partition coefficient (Wildman–Crippen LogP) is 0.799. The lowest BCUT2D eigenvalue weighted by molar-refractivity contribution is -0.156. The second-order valence-corrected chi connectivity index (χ2v) is 6.40. The summed E-state index contributed by atoms with van der Waals surface area (Å²) in [4.78, 5) is 35.1. The summed E-state index contributed by atoms with van der Waals surface area (Å²) in [5, 5.41) is 21.1. The van der Waals surface area contributed by atoms with Crippen molar-refractivity contribution in [3.63, 3.8) is 0 Å². The zero-order valence-electron chi connectivity index (χ0n) is 12.5. The van der Waals surface area contributed by atoms with Gasteiger partial charge in [0.25, 0.3) is 0 Å². The summed E-state index contributed by atoms with van der Waals surface area (Å²) in [6.07, 6.45) is -0.324. The Labute approximate surface area is 141 Å². The number of aliphatic carboxylic acids is 1. The molecule has 0 aliphatic carbocycles. The molecule has 3 N–H and O–H groups in total. The number of hydrogen-bond donors (Lipinski definition) is 3. The summed E-state index contributed by atoms with van der Waals surface area (Å²) in [5.41, 5.74) is 0.346. The van der Waals surface area contributed by atoms with E-state index in [1.165, 1.54) is 6.92 Å². The predicted molar refractivity (Wildman–Crippen MR) is 84.8 cm³/mol. The second kappa shape index (κ2) is 6.17. The Morgan fingerprint density at radius 3 is 2.62 bits per heavy atom. The van der Waals surface area contributed by atoms with Gasteiger partial charge in [-0.05, 0) is 31.2 Å². The van der Waals surface area contributed by atoms with Gasteiger partial charge in [-0.3, -0.25) is 14.5 Å². The van der Waals surface area contributed by atoms with Crippen LogP contribution in [0.3, 0.4) is 0 Å². The average Bonchev–Trinajstić information content (AvgIpc) is 2.83. The average molecular weight is 350 g/mol. The number of anilines is 1. The largest absolute Gasteiger partial charge is 0.476 e. The van der Waals surface area contributed by atoms with Crippen molar-refractivity contribution in [1.29, 1.82) is 0 Å². The zero-order chi connectivity index (χ0) is 17.4. The highest BCUT2D eigenvalue weighted by atomic mass is 32.2. The van der Waals surface area contributed by atoms with E-state index in [1.807, 2.05) is 0 Å². The number of aliphatic hydroxyl groups is 1. The molecule has 0 bridgehead atoms. The van der Waals surface area contributed by atoms with E-state index in [4.69, 9.17) is 4.74 Å². The van der Waals surface area contributed by atoms with E-state index in [0.29, 0.717) is 17.8 Å². The van der Waals surface area contributed by atoms with Gasteiger partial charge in [-0.1, -0.05) is 11.8 Å². The van der Waals surface area contributed by atoms with E-state index in [9.17, 15) is 24.6 Å². The number of amides is 2. The minimum absolute atomic E-state index is 0.0973. The van der Waals surface area contributed by atoms with Crippen LogP contribution in [0, 0.1) is 5.92 Å². The topological polar surface area (TPSA) is 116 Å². The number of β-lactam (4-membered cyclic amide) rings is 1. The van der Waals surface area contributed by atoms with Gasteiger partial charge in [0.05, 0.1) is 12.0 Å². The van der Waals surface area contributed by atoms with E-state index in [-0.39, 0.29) is 10.8 Å². The number of nitrogens with one attached hydrogen (secondary N) is 1. The molecule has 3 atom stereocenters. The van der Waals surface area contributed by atoms with Gasteiger partial charge in [0, 0.05) is 5.69 Å². The van der Waals surface area contributed by atoms with E-state index in [0.717, 1.165) is 16.7 Å². The number of benzene rings is 1. The van der Waals surface area contributed by atoms with Crippen LogP contribution in [-0.4, -0.2) is 44.9 Å². The molecular formula is C15H14N2O6S. The van der Waals surface area contributed by atoms with Crippen molar-refractivity contribution in [3.05, 3.63) is 35.1 Å². The van der Waals surface area contributed by atoms with Gasteiger partial charge >= 0.3 is 5.97 Å². The molecule has 2 heterocycles. The first-order valence-corrected chi connectivity index (χ1v) is 7.95. The van der Waals surface area contributed by atoms with Gasteiger partial charge < -0.3 is 20.3 Å². The molecule has 1 unspecified atom stereocenters. The van der Waals surface area contributed by atoms with Crippen LogP contribution < -0.4 is 10.1 Å². The Bertz CT molecular complexity index is 730. The van der Waals surface area contributed by atoms with Crippen molar-refractivity contribution < 1.29 is 29.3 Å². The monoisotopic (exact) mass is 350 g/mol. The van der Waals surface area contributed by atoms with E-state index < -0.39 is 29.3 Å². The standard InChI is InChI=1S/C15H14N2O6S/c1-7(19)10-12(20)17-11(14(21)22)15(24-13(10)17)23-9-4-2-8(3-5-9)16-6-18/h2-7,10,13,19H,1H3,(H,16,18)(H,21,22)/t7?,10-,13+/m0/s1. The Morgan fingerprint density at radius 1 is 1.42 bits per heavy atom. The number of carboxylic acid groups (broad SMARTS) is 1. The highest BCUT2D eigenvalue weighted by molar-refractivity contribution is 8.03. The SMILES string of the molecule is CC(O)[C@H]1C(=O)N2C(C(=O)O)=C(Oc3ccc(NC=O)cc3)S[C@H]12. The van der Waals surface area contributed by atoms with Crippen LogP contribution in [-0.2, 0) is 14.4 Å². The molecule has 2 amide bonds. The molecule has 126 valence electrons. The Balaban J connectivity index is 1.83. The maximum atomic E-state index is 12.1. The fraction of sp³-hybridized carbons (Fsp3) is 0.267. The van der Waals surface area contributed by atoms with Crippen LogP contribution in [0.5, 0.6) is 5.75 Å². The van der Waals surface area contributed by atoms with Gasteiger partial charge in [-0.25, -0.2) is 4.79 Å². The summed E-state index contributed by atoms with van der Waals surface area (Å²) >= 11 is 1.10. The number of hydrogen-bond acceptors (Lipinski definition) is 6. The van der Waals surface area contributed by atoms with Crippen LogP contribution in [0.2, 0.25) is 0 Å². The van der Waals surface area contributed by atoms with E-state index >= 15 is 0 Å². The molecule has 24 heavy (non-hydrogen) atoms. The zero-order valence-corrected chi connectivity index (χ0v) is 13.3. The van der Waals surface area contributed by atoms with Crippen LogP contribution >= 0.6 is 11.8 Å². The summed E-state index contributed by atoms with van der Waals surface area (Å²) in [7, 11) is 0. The third-order valence-corrected chi connectivity index (χ3v) is 5.00. The molecular weight excluding hydrogens is 336 g/mol. The van der Waals surface area contributed by atoms with E-state index in [1.54, 1.807) is 24.3 Å². The second-order valence-electron chi connectivity index (χ2n) is 5.31. The first-order chi connectivity index (χ1) is 11.4. The van der Waals surface area contributed by atoms with Gasteiger partial charge in [0.15, 0.2) is 10.8 Å². The van der Waals surface area contributed by atoms with Crippen LogP contribution in [0.25, 0.3) is 0 Å². The summed E-state index contributed by atoms with van der Waals surface area (Å²) in [5.74, 6) is -1.97. The lowest BCUT2D eigenvalue weighted by atomic mass is 9.92.